The monoisotopic (exact) mass is 335 g/mol. The van der Waals surface area contributed by atoms with Crippen LogP contribution in [0.2, 0.25) is 0 Å². The predicted molar refractivity (Wildman–Crippen MR) is 90.1 cm³/mol. The zero-order chi connectivity index (χ0) is 16.4. The van der Waals surface area contributed by atoms with Crippen LogP contribution in [0.15, 0.2) is 0 Å². The third kappa shape index (κ3) is 3.74. The third-order valence-corrected chi connectivity index (χ3v) is 6.14. The number of carbonyl (C=O) groups is 2. The van der Waals surface area contributed by atoms with Gasteiger partial charge in [0.05, 0.1) is 18.2 Å². The van der Waals surface area contributed by atoms with Crippen LogP contribution >= 0.6 is 11.3 Å². The van der Waals surface area contributed by atoms with Crippen molar-refractivity contribution in [3.05, 3.63) is 15.6 Å². The van der Waals surface area contributed by atoms with Gasteiger partial charge in [-0.15, -0.1) is 11.3 Å². The molecule has 5 nitrogen and oxygen atoms in total. The first-order valence-corrected chi connectivity index (χ1v) is 9.36. The molecule has 126 valence electrons. The summed E-state index contributed by atoms with van der Waals surface area (Å²) in [5.74, 6) is 0.216. The average molecular weight is 335 g/mol. The molecule has 1 aromatic rings. The van der Waals surface area contributed by atoms with Crippen molar-refractivity contribution in [3.8, 4) is 0 Å². The van der Waals surface area contributed by atoms with Crippen molar-refractivity contribution in [2.45, 2.75) is 65.0 Å². The quantitative estimate of drug-likeness (QED) is 0.920. The Kier molecular flexibility index (Phi) is 4.99. The third-order valence-electron chi connectivity index (χ3n) is 5.07. The molecule has 6 heteroatoms. The van der Waals surface area contributed by atoms with Gasteiger partial charge in [0, 0.05) is 23.9 Å². The molecule has 2 aliphatic rings. The molecule has 0 aromatic carbocycles. The van der Waals surface area contributed by atoms with Gasteiger partial charge < -0.3 is 10.2 Å². The van der Waals surface area contributed by atoms with Crippen LogP contribution in [0.1, 0.15) is 54.1 Å². The van der Waals surface area contributed by atoms with Crippen LogP contribution in [-0.4, -0.2) is 34.3 Å². The van der Waals surface area contributed by atoms with Crippen LogP contribution < -0.4 is 5.32 Å². The van der Waals surface area contributed by atoms with E-state index in [2.05, 4.69) is 10.3 Å². The van der Waals surface area contributed by atoms with Crippen molar-refractivity contribution in [2.75, 3.05) is 6.54 Å². The van der Waals surface area contributed by atoms with E-state index in [4.69, 9.17) is 0 Å². The summed E-state index contributed by atoms with van der Waals surface area (Å²) in [6, 6.07) is 0.363. The number of aryl methyl sites for hydroxylation is 2. The van der Waals surface area contributed by atoms with Crippen molar-refractivity contribution in [3.63, 3.8) is 0 Å². The van der Waals surface area contributed by atoms with Gasteiger partial charge in [0.1, 0.15) is 5.01 Å². The highest BCUT2D eigenvalue weighted by atomic mass is 32.1. The van der Waals surface area contributed by atoms with E-state index in [9.17, 15) is 9.59 Å². The molecule has 1 aromatic heterocycles. The second-order valence-corrected chi connectivity index (χ2v) is 7.97. The molecule has 1 saturated carbocycles. The lowest BCUT2D eigenvalue weighted by molar-refractivity contribution is -0.140. The van der Waals surface area contributed by atoms with Crippen LogP contribution in [0.3, 0.4) is 0 Å². The molecule has 23 heavy (non-hydrogen) atoms. The number of piperidine rings is 1. The van der Waals surface area contributed by atoms with Gasteiger partial charge in [-0.3, -0.25) is 9.59 Å². The van der Waals surface area contributed by atoms with E-state index in [1.807, 2.05) is 18.7 Å². The Hall–Kier alpha value is -1.43. The number of aromatic nitrogens is 1. The van der Waals surface area contributed by atoms with Gasteiger partial charge >= 0.3 is 0 Å². The highest BCUT2D eigenvalue weighted by Gasteiger charge is 2.35. The van der Waals surface area contributed by atoms with Crippen LogP contribution in [0.4, 0.5) is 0 Å². The lowest BCUT2D eigenvalue weighted by Crippen LogP contribution is -2.49. The first kappa shape index (κ1) is 16.4. The van der Waals surface area contributed by atoms with Crippen molar-refractivity contribution < 1.29 is 9.59 Å². The fourth-order valence-electron chi connectivity index (χ4n) is 3.58. The Morgan fingerprint density at radius 2 is 2.04 bits per heavy atom. The Balaban J connectivity index is 1.55. The molecular weight excluding hydrogens is 310 g/mol. The van der Waals surface area contributed by atoms with Crippen molar-refractivity contribution in [1.82, 2.24) is 15.2 Å². The van der Waals surface area contributed by atoms with Gasteiger partial charge in [0.2, 0.25) is 11.8 Å². The lowest BCUT2D eigenvalue weighted by Gasteiger charge is -2.36. The maximum atomic E-state index is 12.5. The minimum absolute atomic E-state index is 0.0611. The maximum Gasteiger partial charge on any atom is 0.225 e. The summed E-state index contributed by atoms with van der Waals surface area (Å²) in [6.07, 6.45) is 5.77. The van der Waals surface area contributed by atoms with Crippen LogP contribution in [-0.2, 0) is 16.1 Å². The highest BCUT2D eigenvalue weighted by Crippen LogP contribution is 2.28. The molecule has 0 spiro atoms. The van der Waals surface area contributed by atoms with Gasteiger partial charge in [-0.1, -0.05) is 12.8 Å². The number of hydrogen-bond acceptors (Lipinski definition) is 4. The summed E-state index contributed by atoms with van der Waals surface area (Å²) in [5.41, 5.74) is 1.04. The Bertz CT molecular complexity index is 573. The Morgan fingerprint density at radius 1 is 1.30 bits per heavy atom. The number of nitrogens with one attached hydrogen (secondary N) is 1. The van der Waals surface area contributed by atoms with Crippen LogP contribution in [0, 0.1) is 19.8 Å². The molecule has 2 heterocycles. The van der Waals surface area contributed by atoms with E-state index in [1.54, 1.807) is 11.3 Å². The fourth-order valence-corrected chi connectivity index (χ4v) is 4.45. The van der Waals surface area contributed by atoms with Gasteiger partial charge in [0.25, 0.3) is 0 Å². The highest BCUT2D eigenvalue weighted by molar-refractivity contribution is 7.11. The van der Waals surface area contributed by atoms with E-state index in [0.717, 1.165) is 23.5 Å². The minimum Gasteiger partial charge on any atom is -0.349 e. The molecule has 1 N–H and O–H groups in total. The van der Waals surface area contributed by atoms with Crippen molar-refractivity contribution in [2.24, 2.45) is 5.92 Å². The van der Waals surface area contributed by atoms with Gasteiger partial charge in [-0.25, -0.2) is 4.98 Å². The molecule has 0 radical (unpaired) electrons. The van der Waals surface area contributed by atoms with Crippen LogP contribution in [0.5, 0.6) is 0 Å². The fraction of sp³-hybridized carbons (Fsp3) is 0.706. The molecule has 1 saturated heterocycles. The lowest BCUT2D eigenvalue weighted by atomic mass is 9.95. The number of hydrogen-bond donors (Lipinski definition) is 1. The molecule has 1 aliphatic carbocycles. The van der Waals surface area contributed by atoms with Crippen LogP contribution in [0.25, 0.3) is 0 Å². The average Bonchev–Trinajstić information content (AvgIpc) is 3.16. The molecular formula is C17H25N3O2S. The summed E-state index contributed by atoms with van der Waals surface area (Å²) in [5, 5.41) is 3.96. The second kappa shape index (κ2) is 6.99. The van der Waals surface area contributed by atoms with Crippen molar-refractivity contribution in [1.29, 1.82) is 0 Å². The van der Waals surface area contributed by atoms with E-state index in [0.29, 0.717) is 32.0 Å². The Labute approximate surface area is 141 Å². The minimum atomic E-state index is -0.0737. The Morgan fingerprint density at radius 3 is 2.70 bits per heavy atom. The molecule has 2 amide bonds. The number of likely N-dealkylation sites (tertiary alicyclic amines) is 1. The number of amides is 2. The number of thiazole rings is 1. The molecule has 1 atom stereocenters. The number of nitrogens with zero attached hydrogens (tertiary/aromatic N) is 2. The zero-order valence-corrected chi connectivity index (χ0v) is 14.7. The van der Waals surface area contributed by atoms with E-state index in [-0.39, 0.29) is 17.7 Å². The van der Waals surface area contributed by atoms with Gasteiger partial charge in [0.15, 0.2) is 0 Å². The normalized spacial score (nSPS) is 22.6. The van der Waals surface area contributed by atoms with Gasteiger partial charge in [-0.05, 0) is 33.1 Å². The standard InChI is InChI=1S/C17H25N3O2S/c1-11-12(2)23-15(19-11)9-18-17(22)13-7-8-16(21)20(10-13)14-5-3-4-6-14/h13-14H,3-10H2,1-2H3,(H,18,22)/t13-/m1/s1. The second-order valence-electron chi connectivity index (χ2n) is 6.69. The first-order valence-electron chi connectivity index (χ1n) is 8.54. The topological polar surface area (TPSA) is 62.3 Å². The smallest absolute Gasteiger partial charge is 0.225 e. The zero-order valence-electron chi connectivity index (χ0n) is 13.9. The summed E-state index contributed by atoms with van der Waals surface area (Å²) in [6.45, 7) is 5.12. The predicted octanol–water partition coefficient (Wildman–Crippen LogP) is 2.56. The summed E-state index contributed by atoms with van der Waals surface area (Å²) >= 11 is 1.63. The largest absolute Gasteiger partial charge is 0.349 e. The molecule has 2 fully saturated rings. The molecule has 0 bridgehead atoms. The summed E-state index contributed by atoms with van der Waals surface area (Å²) < 4.78 is 0. The van der Waals surface area contributed by atoms with Crippen molar-refractivity contribution >= 4 is 23.2 Å². The molecule has 0 unspecified atom stereocenters. The SMILES string of the molecule is Cc1nc(CNC(=O)[C@@H]2CCC(=O)N(C3CCCC3)C2)sc1C. The molecule has 1 aliphatic heterocycles. The van der Waals surface area contributed by atoms with E-state index < -0.39 is 0 Å². The summed E-state index contributed by atoms with van der Waals surface area (Å²) in [7, 11) is 0. The number of rotatable bonds is 4. The van der Waals surface area contributed by atoms with E-state index in [1.165, 1.54) is 17.7 Å². The summed E-state index contributed by atoms with van der Waals surface area (Å²) in [4.78, 5) is 32.2. The van der Waals surface area contributed by atoms with E-state index >= 15 is 0 Å². The van der Waals surface area contributed by atoms with Gasteiger partial charge in [-0.2, -0.15) is 0 Å². The first-order chi connectivity index (χ1) is 11.0. The molecule has 3 rings (SSSR count). The maximum absolute atomic E-state index is 12.5. The number of carbonyl (C=O) groups excluding carboxylic acids is 2.